The molecule has 2 heterocycles. The van der Waals surface area contributed by atoms with E-state index in [4.69, 9.17) is 9.47 Å². The zero-order chi connectivity index (χ0) is 19.8. The van der Waals surface area contributed by atoms with Crippen LogP contribution in [0, 0.1) is 0 Å². The highest BCUT2D eigenvalue weighted by Gasteiger charge is 2.49. The summed E-state index contributed by atoms with van der Waals surface area (Å²) >= 11 is 0. The van der Waals surface area contributed by atoms with Crippen LogP contribution in [0.1, 0.15) is 47.6 Å². The minimum atomic E-state index is -1.28. The summed E-state index contributed by atoms with van der Waals surface area (Å²) in [5, 5.41) is 3.46. The average molecular weight is 391 g/mol. The van der Waals surface area contributed by atoms with Gasteiger partial charge in [-0.3, -0.25) is 4.98 Å². The predicted octanol–water partition coefficient (Wildman–Crippen LogP) is 3.32. The monoisotopic (exact) mass is 391 g/mol. The quantitative estimate of drug-likeness (QED) is 0.810. The van der Waals surface area contributed by atoms with Gasteiger partial charge in [0, 0.05) is 23.6 Å². The largest absolute Gasteiger partial charge is 0.463 e. The number of pyridine rings is 1. The van der Waals surface area contributed by atoms with Gasteiger partial charge in [0.15, 0.2) is 0 Å². The van der Waals surface area contributed by atoms with E-state index < -0.39 is 11.6 Å². The molecule has 1 aliphatic heterocycles. The van der Waals surface area contributed by atoms with Gasteiger partial charge in [-0.1, -0.05) is 12.1 Å². The highest BCUT2D eigenvalue weighted by molar-refractivity contribution is 5.97. The van der Waals surface area contributed by atoms with Gasteiger partial charge in [-0.15, -0.1) is 0 Å². The maximum atomic E-state index is 12.9. The van der Waals surface area contributed by atoms with E-state index in [1.54, 1.807) is 25.4 Å². The Morgan fingerprint density at radius 1 is 1.21 bits per heavy atom. The van der Waals surface area contributed by atoms with E-state index in [1.165, 1.54) is 35.1 Å². The van der Waals surface area contributed by atoms with Crippen LogP contribution in [0.4, 0.5) is 5.69 Å². The van der Waals surface area contributed by atoms with Crippen LogP contribution in [-0.2, 0) is 45.6 Å². The molecule has 6 nitrogen and oxygen atoms in total. The van der Waals surface area contributed by atoms with Crippen LogP contribution in [0.15, 0.2) is 35.6 Å². The van der Waals surface area contributed by atoms with Gasteiger partial charge < -0.3 is 14.8 Å². The van der Waals surface area contributed by atoms with E-state index in [1.807, 2.05) is 6.07 Å². The molecule has 2 aromatic rings. The number of aliphatic imine (C=N–C) groups is 1. The van der Waals surface area contributed by atoms with E-state index in [0.29, 0.717) is 11.6 Å². The van der Waals surface area contributed by atoms with Gasteiger partial charge in [-0.2, -0.15) is 0 Å². The average Bonchev–Trinajstić information content (AvgIpc) is 3.48. The van der Waals surface area contributed by atoms with Gasteiger partial charge in [-0.05, 0) is 73.8 Å². The van der Waals surface area contributed by atoms with Crippen molar-refractivity contribution in [3.8, 4) is 0 Å². The van der Waals surface area contributed by atoms with Crippen LogP contribution in [0.5, 0.6) is 0 Å². The van der Waals surface area contributed by atoms with Gasteiger partial charge in [0.1, 0.15) is 0 Å². The molecule has 1 aromatic carbocycles. The molecule has 6 heteroatoms. The molecule has 2 aliphatic carbocycles. The van der Waals surface area contributed by atoms with Crippen molar-refractivity contribution in [3.05, 3.63) is 58.4 Å². The molecule has 0 fully saturated rings. The van der Waals surface area contributed by atoms with Crippen LogP contribution < -0.4 is 5.32 Å². The molecule has 3 aliphatic rings. The number of hydrogen-bond donors (Lipinski definition) is 1. The molecular weight excluding hydrogens is 366 g/mol. The fourth-order valence-electron chi connectivity index (χ4n) is 4.78. The van der Waals surface area contributed by atoms with Crippen molar-refractivity contribution in [1.82, 2.24) is 4.98 Å². The molecule has 0 saturated carbocycles. The Hall–Kier alpha value is -2.89. The maximum absolute atomic E-state index is 12.9. The minimum Gasteiger partial charge on any atom is -0.463 e. The number of benzene rings is 1. The van der Waals surface area contributed by atoms with Gasteiger partial charge in [0.25, 0.3) is 11.6 Å². The van der Waals surface area contributed by atoms with Crippen LogP contribution in [0.25, 0.3) is 0 Å². The highest BCUT2D eigenvalue weighted by atomic mass is 16.6. The van der Waals surface area contributed by atoms with E-state index in [-0.39, 0.29) is 13.2 Å². The Morgan fingerprint density at radius 2 is 1.97 bits per heavy atom. The first-order valence-corrected chi connectivity index (χ1v) is 10.5. The lowest BCUT2D eigenvalue weighted by Crippen LogP contribution is -2.42. The summed E-state index contributed by atoms with van der Waals surface area (Å²) in [6.45, 7) is 2.25. The molecule has 0 bridgehead atoms. The number of ether oxygens (including phenoxy) is 2. The fourth-order valence-corrected chi connectivity index (χ4v) is 4.78. The Morgan fingerprint density at radius 3 is 2.62 bits per heavy atom. The van der Waals surface area contributed by atoms with Gasteiger partial charge >= 0.3 is 5.97 Å². The number of aryl methyl sites for hydroxylation is 2. The summed E-state index contributed by atoms with van der Waals surface area (Å²) < 4.78 is 11.5. The summed E-state index contributed by atoms with van der Waals surface area (Å²) in [6, 6.07) is 6.41. The van der Waals surface area contributed by atoms with Crippen molar-refractivity contribution in [1.29, 1.82) is 0 Å². The van der Waals surface area contributed by atoms with Crippen molar-refractivity contribution >= 4 is 17.7 Å². The second kappa shape index (κ2) is 7.17. The SMILES string of the molecule is CCOC(=O)[C@]1(c2cccnc2)CN=C(Nc2c3c(cc4c2CCC4)CCC3)O1. The third-order valence-electron chi connectivity index (χ3n) is 6.15. The summed E-state index contributed by atoms with van der Waals surface area (Å²) in [5.41, 5.74) is 6.16. The van der Waals surface area contributed by atoms with Crippen molar-refractivity contribution in [3.63, 3.8) is 0 Å². The molecule has 1 atom stereocenters. The van der Waals surface area contributed by atoms with E-state index in [0.717, 1.165) is 31.4 Å². The molecule has 0 radical (unpaired) electrons. The van der Waals surface area contributed by atoms with Crippen molar-refractivity contribution in [2.24, 2.45) is 4.99 Å². The Balaban J connectivity index is 1.47. The summed E-state index contributed by atoms with van der Waals surface area (Å²) in [5.74, 6) is -0.433. The second-order valence-corrected chi connectivity index (χ2v) is 7.87. The number of anilines is 1. The smallest absolute Gasteiger partial charge is 0.357 e. The number of aromatic nitrogens is 1. The number of amidine groups is 1. The van der Waals surface area contributed by atoms with Crippen LogP contribution >= 0.6 is 0 Å². The Labute approximate surface area is 170 Å². The first kappa shape index (κ1) is 18.2. The molecule has 1 N–H and O–H groups in total. The molecule has 0 spiro atoms. The number of fused-ring (bicyclic) bond motifs is 2. The molecule has 29 heavy (non-hydrogen) atoms. The van der Waals surface area contributed by atoms with Crippen molar-refractivity contribution < 1.29 is 14.3 Å². The Kier molecular flexibility index (Phi) is 4.49. The molecule has 1 aromatic heterocycles. The van der Waals surface area contributed by atoms with E-state index >= 15 is 0 Å². The molecule has 0 amide bonds. The lowest BCUT2D eigenvalue weighted by molar-refractivity contribution is -0.161. The number of hydrogen-bond acceptors (Lipinski definition) is 6. The number of rotatable bonds is 4. The standard InChI is InChI=1S/C23H25N3O3/c1-2-28-21(27)23(17-8-5-11-24-13-17)14-25-22(29-23)26-20-18-9-3-6-15(18)12-16-7-4-10-19(16)20/h5,8,11-13H,2-4,6-7,9-10,14H2,1H3,(H,25,26)/t23-/m1/s1. The van der Waals surface area contributed by atoms with E-state index in [2.05, 4.69) is 21.4 Å². The van der Waals surface area contributed by atoms with Crippen LogP contribution in [-0.4, -0.2) is 30.1 Å². The van der Waals surface area contributed by atoms with Gasteiger partial charge in [0.05, 0.1) is 13.2 Å². The summed E-state index contributed by atoms with van der Waals surface area (Å²) in [4.78, 5) is 21.6. The summed E-state index contributed by atoms with van der Waals surface area (Å²) in [7, 11) is 0. The number of nitrogens with one attached hydrogen (secondary N) is 1. The third-order valence-corrected chi connectivity index (χ3v) is 6.15. The predicted molar refractivity (Wildman–Crippen MR) is 110 cm³/mol. The van der Waals surface area contributed by atoms with Crippen LogP contribution in [0.3, 0.4) is 0 Å². The number of nitrogens with zero attached hydrogens (tertiary/aromatic N) is 2. The van der Waals surface area contributed by atoms with Crippen molar-refractivity contribution in [2.45, 2.75) is 51.0 Å². The van der Waals surface area contributed by atoms with Gasteiger partial charge in [-0.25, -0.2) is 9.79 Å². The molecule has 0 saturated heterocycles. The number of esters is 1. The normalized spacial score (nSPS) is 21.9. The minimum absolute atomic E-state index is 0.178. The first-order valence-electron chi connectivity index (χ1n) is 10.5. The number of carbonyl (C=O) groups is 1. The van der Waals surface area contributed by atoms with Crippen LogP contribution in [0.2, 0.25) is 0 Å². The summed E-state index contributed by atoms with van der Waals surface area (Å²) in [6.07, 6.45) is 10.1. The topological polar surface area (TPSA) is 72.8 Å². The van der Waals surface area contributed by atoms with Crippen molar-refractivity contribution in [2.75, 3.05) is 18.5 Å². The zero-order valence-corrected chi connectivity index (χ0v) is 16.7. The highest BCUT2D eigenvalue weighted by Crippen LogP contribution is 2.40. The molecule has 5 rings (SSSR count). The van der Waals surface area contributed by atoms with Gasteiger partial charge in [0.2, 0.25) is 0 Å². The second-order valence-electron chi connectivity index (χ2n) is 7.87. The fraction of sp³-hybridized carbons (Fsp3) is 0.435. The lowest BCUT2D eigenvalue weighted by atomic mass is 9.95. The Bertz CT molecular complexity index is 954. The zero-order valence-electron chi connectivity index (χ0n) is 16.7. The molecule has 150 valence electrons. The molecular formula is C23H25N3O3. The lowest BCUT2D eigenvalue weighted by Gasteiger charge is -2.26. The third kappa shape index (κ3) is 2.98. The van der Waals surface area contributed by atoms with E-state index in [9.17, 15) is 4.79 Å². The first-order chi connectivity index (χ1) is 14.2. The number of carbonyl (C=O) groups excluding carboxylic acids is 1. The maximum Gasteiger partial charge on any atom is 0.357 e. The molecule has 0 unspecified atom stereocenters.